The van der Waals surface area contributed by atoms with Crippen LogP contribution >= 0.6 is 15.9 Å². The Balaban J connectivity index is 2.15. The molecule has 104 valence electrons. The van der Waals surface area contributed by atoms with Crippen LogP contribution in [0.3, 0.4) is 0 Å². The van der Waals surface area contributed by atoms with Crippen molar-refractivity contribution in [1.82, 2.24) is 5.32 Å². The molecule has 0 atom stereocenters. The maximum absolute atomic E-state index is 13.1. The summed E-state index contributed by atoms with van der Waals surface area (Å²) in [5.74, 6) is -1.89. The molecule has 1 aliphatic carbocycles. The predicted octanol–water partition coefficient (Wildman–Crippen LogP) is 3.79. The van der Waals surface area contributed by atoms with Crippen molar-refractivity contribution in [3.8, 4) is 0 Å². The quantitative estimate of drug-likeness (QED) is 0.839. The summed E-state index contributed by atoms with van der Waals surface area (Å²) in [7, 11) is 0. The minimum atomic E-state index is -0.735. The maximum Gasteiger partial charge on any atom is 0.251 e. The molecule has 1 amide bonds. The van der Waals surface area contributed by atoms with Gasteiger partial charge >= 0.3 is 0 Å². The molecule has 1 aliphatic rings. The van der Waals surface area contributed by atoms with Gasteiger partial charge in [0, 0.05) is 17.0 Å². The van der Waals surface area contributed by atoms with E-state index in [4.69, 9.17) is 0 Å². The third-order valence-electron chi connectivity index (χ3n) is 3.57. The second-order valence-corrected chi connectivity index (χ2v) is 5.65. The molecular weight excluding hydrogens is 316 g/mol. The van der Waals surface area contributed by atoms with Crippen molar-refractivity contribution >= 4 is 21.8 Å². The minimum absolute atomic E-state index is 0.0309. The molecule has 1 aromatic rings. The standard InChI is InChI=1S/C14H16BrF2NO/c15-9-14(4-2-1-3-5-14)18-13(19)10-6-11(16)8-12(17)7-10/h6-8H,1-5,9H2,(H,18,19). The van der Waals surface area contributed by atoms with Crippen LogP contribution in [0.1, 0.15) is 42.5 Å². The number of amides is 1. The fraction of sp³-hybridized carbons (Fsp3) is 0.500. The summed E-state index contributed by atoms with van der Waals surface area (Å²) in [5.41, 5.74) is -0.263. The van der Waals surface area contributed by atoms with Crippen molar-refractivity contribution in [2.45, 2.75) is 37.6 Å². The van der Waals surface area contributed by atoms with E-state index in [0.29, 0.717) is 5.33 Å². The van der Waals surface area contributed by atoms with Crippen LogP contribution in [0.25, 0.3) is 0 Å². The van der Waals surface area contributed by atoms with E-state index in [0.717, 1.165) is 43.9 Å². The van der Waals surface area contributed by atoms with Gasteiger partial charge in [0.05, 0.1) is 5.54 Å². The summed E-state index contributed by atoms with van der Waals surface area (Å²) in [6, 6.07) is 2.88. The molecule has 0 spiro atoms. The third kappa shape index (κ3) is 3.53. The first-order valence-electron chi connectivity index (χ1n) is 6.39. The van der Waals surface area contributed by atoms with E-state index in [2.05, 4.69) is 21.2 Å². The Morgan fingerprint density at radius 3 is 2.26 bits per heavy atom. The van der Waals surface area contributed by atoms with Crippen LogP contribution in [0.4, 0.5) is 8.78 Å². The summed E-state index contributed by atoms with van der Waals surface area (Å²) < 4.78 is 26.2. The minimum Gasteiger partial charge on any atom is -0.346 e. The summed E-state index contributed by atoms with van der Waals surface area (Å²) >= 11 is 3.44. The van der Waals surface area contributed by atoms with Gasteiger partial charge in [0.1, 0.15) is 11.6 Å². The lowest BCUT2D eigenvalue weighted by atomic mass is 9.83. The molecule has 0 saturated heterocycles. The number of hydrogen-bond donors (Lipinski definition) is 1. The van der Waals surface area contributed by atoms with Gasteiger partial charge in [-0.3, -0.25) is 4.79 Å². The van der Waals surface area contributed by atoms with E-state index >= 15 is 0 Å². The van der Waals surface area contributed by atoms with Gasteiger partial charge in [-0.05, 0) is 25.0 Å². The van der Waals surface area contributed by atoms with Crippen molar-refractivity contribution in [3.05, 3.63) is 35.4 Å². The first-order chi connectivity index (χ1) is 9.04. The normalized spacial score (nSPS) is 18.1. The number of hydrogen-bond acceptors (Lipinski definition) is 1. The molecule has 0 unspecified atom stereocenters. The predicted molar refractivity (Wildman–Crippen MR) is 73.4 cm³/mol. The molecule has 1 saturated carbocycles. The Labute approximate surface area is 119 Å². The number of carbonyl (C=O) groups excluding carboxylic acids is 1. The number of benzene rings is 1. The SMILES string of the molecule is O=C(NC1(CBr)CCCCC1)c1cc(F)cc(F)c1. The number of rotatable bonds is 3. The van der Waals surface area contributed by atoms with Crippen molar-refractivity contribution in [2.24, 2.45) is 0 Å². The maximum atomic E-state index is 13.1. The number of alkyl halides is 1. The number of halogens is 3. The average Bonchev–Trinajstić information content (AvgIpc) is 2.38. The molecule has 1 fully saturated rings. The second kappa shape index (κ2) is 5.99. The van der Waals surface area contributed by atoms with Crippen LogP contribution in [-0.2, 0) is 0 Å². The third-order valence-corrected chi connectivity index (χ3v) is 4.64. The van der Waals surface area contributed by atoms with Crippen molar-refractivity contribution < 1.29 is 13.6 Å². The van der Waals surface area contributed by atoms with Crippen LogP contribution in [0.15, 0.2) is 18.2 Å². The number of nitrogens with one attached hydrogen (secondary N) is 1. The molecule has 2 rings (SSSR count). The Morgan fingerprint density at radius 1 is 1.16 bits per heavy atom. The summed E-state index contributed by atoms with van der Waals surface area (Å²) in [6.07, 6.45) is 5.07. The highest BCUT2D eigenvalue weighted by molar-refractivity contribution is 9.09. The van der Waals surface area contributed by atoms with Gasteiger partial charge in [-0.2, -0.15) is 0 Å². The van der Waals surface area contributed by atoms with Crippen LogP contribution in [0.5, 0.6) is 0 Å². The van der Waals surface area contributed by atoms with E-state index in [1.807, 2.05) is 0 Å². The largest absolute Gasteiger partial charge is 0.346 e. The molecule has 0 heterocycles. The molecule has 1 aromatic carbocycles. The van der Waals surface area contributed by atoms with Crippen molar-refractivity contribution in [3.63, 3.8) is 0 Å². The zero-order valence-corrected chi connectivity index (χ0v) is 12.1. The fourth-order valence-electron chi connectivity index (χ4n) is 2.52. The van der Waals surface area contributed by atoms with Gasteiger partial charge in [-0.1, -0.05) is 35.2 Å². The van der Waals surface area contributed by atoms with E-state index in [1.54, 1.807) is 0 Å². The van der Waals surface area contributed by atoms with E-state index < -0.39 is 17.5 Å². The molecular formula is C14H16BrF2NO. The van der Waals surface area contributed by atoms with Gasteiger partial charge < -0.3 is 5.32 Å². The Bertz CT molecular complexity index is 452. The van der Waals surface area contributed by atoms with Crippen LogP contribution in [-0.4, -0.2) is 16.8 Å². The Morgan fingerprint density at radius 2 is 1.74 bits per heavy atom. The van der Waals surface area contributed by atoms with Crippen LogP contribution in [0, 0.1) is 11.6 Å². The Kier molecular flexibility index (Phi) is 4.55. The van der Waals surface area contributed by atoms with Crippen LogP contribution < -0.4 is 5.32 Å². The highest BCUT2D eigenvalue weighted by Gasteiger charge is 2.32. The van der Waals surface area contributed by atoms with Gasteiger partial charge in [0.25, 0.3) is 5.91 Å². The topological polar surface area (TPSA) is 29.1 Å². The summed E-state index contributed by atoms with van der Waals surface area (Å²) in [5, 5.41) is 3.59. The average molecular weight is 332 g/mol. The van der Waals surface area contributed by atoms with E-state index in [-0.39, 0.29) is 11.1 Å². The smallest absolute Gasteiger partial charge is 0.251 e. The van der Waals surface area contributed by atoms with Gasteiger partial charge in [0.15, 0.2) is 0 Å². The fourth-order valence-corrected chi connectivity index (χ4v) is 3.22. The lowest BCUT2D eigenvalue weighted by Crippen LogP contribution is -2.51. The zero-order chi connectivity index (χ0) is 13.9. The lowest BCUT2D eigenvalue weighted by molar-refractivity contribution is 0.0885. The van der Waals surface area contributed by atoms with Crippen molar-refractivity contribution in [2.75, 3.05) is 5.33 Å². The van der Waals surface area contributed by atoms with Crippen molar-refractivity contribution in [1.29, 1.82) is 0 Å². The highest BCUT2D eigenvalue weighted by Crippen LogP contribution is 2.30. The summed E-state index contributed by atoms with van der Waals surface area (Å²) in [6.45, 7) is 0. The number of carbonyl (C=O) groups is 1. The van der Waals surface area contributed by atoms with Crippen LogP contribution in [0.2, 0.25) is 0 Å². The molecule has 0 radical (unpaired) electrons. The molecule has 19 heavy (non-hydrogen) atoms. The zero-order valence-electron chi connectivity index (χ0n) is 10.5. The van der Waals surface area contributed by atoms with Gasteiger partial charge in [-0.15, -0.1) is 0 Å². The molecule has 0 aliphatic heterocycles. The monoisotopic (exact) mass is 331 g/mol. The summed E-state index contributed by atoms with van der Waals surface area (Å²) in [4.78, 5) is 12.1. The molecule has 0 bridgehead atoms. The Hall–Kier alpha value is -0.970. The van der Waals surface area contributed by atoms with Gasteiger partial charge in [-0.25, -0.2) is 8.78 Å². The van der Waals surface area contributed by atoms with E-state index in [1.165, 1.54) is 6.42 Å². The van der Waals surface area contributed by atoms with E-state index in [9.17, 15) is 13.6 Å². The molecule has 5 heteroatoms. The van der Waals surface area contributed by atoms with Gasteiger partial charge in [0.2, 0.25) is 0 Å². The highest BCUT2D eigenvalue weighted by atomic mass is 79.9. The molecule has 1 N–H and O–H groups in total. The first-order valence-corrected chi connectivity index (χ1v) is 7.51. The molecule has 0 aromatic heterocycles. The second-order valence-electron chi connectivity index (χ2n) is 5.09. The molecule has 2 nitrogen and oxygen atoms in total. The lowest BCUT2D eigenvalue weighted by Gasteiger charge is -2.36. The first kappa shape index (κ1) is 14.4.